The smallest absolute Gasteiger partial charge is 0.326 e. The van der Waals surface area contributed by atoms with E-state index in [2.05, 4.69) is 41.9 Å². The highest BCUT2D eigenvalue weighted by Gasteiger charge is 2.34. The van der Waals surface area contributed by atoms with Gasteiger partial charge >= 0.3 is 23.9 Å². The monoisotopic (exact) mass is 799 g/mol. The maximum Gasteiger partial charge on any atom is 0.326 e. The molecule has 0 saturated heterocycles. The molecule has 1 aromatic heterocycles. The van der Waals surface area contributed by atoms with E-state index in [0.29, 0.717) is 5.69 Å². The molecular weight excluding hydrogens is 750 g/mol. The Hall–Kier alpha value is -6.17. The molecule has 0 aliphatic rings. The molecule has 24 heteroatoms. The van der Waals surface area contributed by atoms with E-state index in [1.807, 2.05) is 0 Å². The molecule has 0 unspecified atom stereocenters. The first-order valence-electron chi connectivity index (χ1n) is 17.2. The van der Waals surface area contributed by atoms with Crippen LogP contribution in [0.25, 0.3) is 0 Å². The van der Waals surface area contributed by atoms with E-state index in [-0.39, 0.29) is 6.42 Å². The minimum absolute atomic E-state index is 0.229. The van der Waals surface area contributed by atoms with Crippen molar-refractivity contribution in [2.45, 2.75) is 108 Å². The van der Waals surface area contributed by atoms with Gasteiger partial charge in [0.05, 0.1) is 12.9 Å². The number of carbonyl (C=O) groups is 10. The molecule has 0 saturated carbocycles. The SMILES string of the molecule is CC(C)[C@H](NC(=O)[C@H](CCC(=O)O)NC(=O)[C@H](CCC(=O)O)NC(=O)[C@@H](N)CO)C(=O)N[C@@H](C)C(=O)N[C@@H](Cc1cnc[nH]1)C(=O)N[C@@H](CCC(=O)O)C(=O)O. The predicted octanol–water partition coefficient (Wildman–Crippen LogP) is -4.46. The van der Waals surface area contributed by atoms with E-state index in [9.17, 15) is 58.2 Å². The van der Waals surface area contributed by atoms with Crippen molar-refractivity contribution in [3.05, 3.63) is 18.2 Å². The lowest BCUT2D eigenvalue weighted by atomic mass is 10.0. The van der Waals surface area contributed by atoms with Gasteiger partial charge in [-0.25, -0.2) is 9.78 Å². The van der Waals surface area contributed by atoms with E-state index < -0.39 is 153 Å². The van der Waals surface area contributed by atoms with Crippen LogP contribution in [-0.2, 0) is 54.4 Å². The molecule has 0 aliphatic carbocycles. The standard InChI is InChI=1S/C32H49N9O15/c1-14(2)25(41-29(52)19(5-8-23(45)46)38-28(51)18(4-7-22(43)44)37-27(50)17(33)12-42)31(54)36-15(3)26(49)40-21(10-16-11-34-13-35-16)30(53)39-20(32(55)56)6-9-24(47)48/h11,13-15,17-21,25,42H,4-10,12,33H2,1-3H3,(H,34,35)(H,36,54)(H,37,50)(H,38,51)(H,39,53)(H,40,49)(H,41,52)(H,43,44)(H,45,46)(H,47,48)(H,55,56)/t15-,17-,18-,19-,20-,21-,25-/m0/s1. The summed E-state index contributed by atoms with van der Waals surface area (Å²) in [5.41, 5.74) is 5.81. The van der Waals surface area contributed by atoms with E-state index in [1.165, 1.54) is 33.3 Å². The highest BCUT2D eigenvalue weighted by atomic mass is 16.4. The lowest BCUT2D eigenvalue weighted by Crippen LogP contribution is -2.60. The number of aromatic amines is 1. The Morgan fingerprint density at radius 2 is 1.07 bits per heavy atom. The summed E-state index contributed by atoms with van der Waals surface area (Å²) < 4.78 is 0. The number of imidazole rings is 1. The maximum atomic E-state index is 13.4. The summed E-state index contributed by atoms with van der Waals surface area (Å²) in [6.45, 7) is 3.44. The molecule has 7 atom stereocenters. The fourth-order valence-corrected chi connectivity index (χ4v) is 4.78. The minimum Gasteiger partial charge on any atom is -0.481 e. The molecule has 312 valence electrons. The second kappa shape index (κ2) is 23.6. The largest absolute Gasteiger partial charge is 0.481 e. The zero-order chi connectivity index (χ0) is 42.7. The van der Waals surface area contributed by atoms with Crippen molar-refractivity contribution < 1.29 is 73.5 Å². The third-order valence-corrected chi connectivity index (χ3v) is 7.97. The summed E-state index contributed by atoms with van der Waals surface area (Å²) in [5, 5.41) is 59.7. The van der Waals surface area contributed by atoms with Gasteiger partial charge in [-0.2, -0.15) is 0 Å². The number of carboxylic acid groups (broad SMARTS) is 4. The Bertz CT molecular complexity index is 1570. The van der Waals surface area contributed by atoms with Crippen LogP contribution in [0.3, 0.4) is 0 Å². The lowest BCUT2D eigenvalue weighted by Gasteiger charge is -2.28. The zero-order valence-corrected chi connectivity index (χ0v) is 30.8. The van der Waals surface area contributed by atoms with Gasteiger partial charge in [0.2, 0.25) is 35.4 Å². The summed E-state index contributed by atoms with van der Waals surface area (Å²) >= 11 is 0. The maximum absolute atomic E-state index is 13.4. The van der Waals surface area contributed by atoms with Crippen LogP contribution >= 0.6 is 0 Å². The van der Waals surface area contributed by atoms with Crippen molar-refractivity contribution in [3.8, 4) is 0 Å². The summed E-state index contributed by atoms with van der Waals surface area (Å²) in [7, 11) is 0. The van der Waals surface area contributed by atoms with Gasteiger partial charge in [0.15, 0.2) is 0 Å². The van der Waals surface area contributed by atoms with Gasteiger partial charge in [0.25, 0.3) is 0 Å². The topological polar surface area (TPSA) is 399 Å². The molecule has 56 heavy (non-hydrogen) atoms. The van der Waals surface area contributed by atoms with Crippen LogP contribution in [0.15, 0.2) is 12.5 Å². The Balaban J connectivity index is 3.18. The van der Waals surface area contributed by atoms with Crippen molar-refractivity contribution in [2.75, 3.05) is 6.61 Å². The molecular formula is C32H49N9O15. The number of hydrogen-bond donors (Lipinski definition) is 13. The Morgan fingerprint density at radius 3 is 1.52 bits per heavy atom. The predicted molar refractivity (Wildman–Crippen MR) is 188 cm³/mol. The number of aliphatic hydroxyl groups excluding tert-OH is 1. The minimum atomic E-state index is -1.64. The first-order valence-corrected chi connectivity index (χ1v) is 17.2. The zero-order valence-electron chi connectivity index (χ0n) is 30.8. The number of rotatable bonds is 26. The van der Waals surface area contributed by atoms with Gasteiger partial charge in [-0.1, -0.05) is 13.8 Å². The van der Waals surface area contributed by atoms with Crippen molar-refractivity contribution in [1.29, 1.82) is 0 Å². The van der Waals surface area contributed by atoms with Crippen molar-refractivity contribution in [2.24, 2.45) is 11.7 Å². The van der Waals surface area contributed by atoms with Crippen LogP contribution in [-0.4, -0.2) is 144 Å². The first kappa shape index (κ1) is 47.9. The molecule has 0 fully saturated rings. The van der Waals surface area contributed by atoms with E-state index in [0.717, 1.165) is 0 Å². The number of nitrogens with one attached hydrogen (secondary N) is 7. The van der Waals surface area contributed by atoms with Crippen LogP contribution in [0.4, 0.5) is 0 Å². The molecule has 6 amide bonds. The first-order chi connectivity index (χ1) is 26.2. The van der Waals surface area contributed by atoms with Crippen molar-refractivity contribution in [3.63, 3.8) is 0 Å². The van der Waals surface area contributed by atoms with Gasteiger partial charge in [-0.05, 0) is 32.1 Å². The average molecular weight is 800 g/mol. The van der Waals surface area contributed by atoms with Gasteiger partial charge in [-0.3, -0.25) is 43.2 Å². The Kier molecular flexibility index (Phi) is 20.1. The molecule has 24 nitrogen and oxygen atoms in total. The lowest BCUT2D eigenvalue weighted by molar-refractivity contribution is -0.143. The second-order valence-corrected chi connectivity index (χ2v) is 12.9. The van der Waals surface area contributed by atoms with Gasteiger partial charge in [0, 0.05) is 37.6 Å². The third kappa shape index (κ3) is 17.3. The fourth-order valence-electron chi connectivity index (χ4n) is 4.78. The quantitative estimate of drug-likeness (QED) is 0.0420. The van der Waals surface area contributed by atoms with E-state index in [1.54, 1.807) is 0 Å². The molecule has 0 radical (unpaired) electrons. The van der Waals surface area contributed by atoms with Gasteiger partial charge in [0.1, 0.15) is 42.3 Å². The number of amides is 6. The normalized spacial score (nSPS) is 14.7. The molecule has 0 aromatic carbocycles. The van der Waals surface area contributed by atoms with E-state index in [4.69, 9.17) is 21.1 Å². The number of aromatic nitrogens is 2. The summed E-state index contributed by atoms with van der Waals surface area (Å²) in [5.74, 6) is -12.3. The number of carboxylic acids is 4. The van der Waals surface area contributed by atoms with Crippen molar-refractivity contribution >= 4 is 59.3 Å². The Labute approximate surface area is 319 Å². The number of hydrogen-bond acceptors (Lipinski definition) is 13. The summed E-state index contributed by atoms with van der Waals surface area (Å²) in [4.78, 5) is 130. The number of nitrogens with zero attached hydrogens (tertiary/aromatic N) is 1. The molecule has 1 rings (SSSR count). The second-order valence-electron chi connectivity index (χ2n) is 12.9. The van der Waals surface area contributed by atoms with Gasteiger partial charge < -0.3 is 68.2 Å². The van der Waals surface area contributed by atoms with Crippen LogP contribution in [0.5, 0.6) is 0 Å². The number of aliphatic carboxylic acids is 4. The molecule has 1 heterocycles. The number of carbonyl (C=O) groups excluding carboxylic acids is 6. The Morgan fingerprint density at radius 1 is 0.625 bits per heavy atom. The van der Waals surface area contributed by atoms with Crippen LogP contribution in [0.2, 0.25) is 0 Å². The van der Waals surface area contributed by atoms with Crippen LogP contribution < -0.4 is 37.6 Å². The number of nitrogens with two attached hydrogens (primary N) is 1. The van der Waals surface area contributed by atoms with Crippen LogP contribution in [0.1, 0.15) is 65.0 Å². The van der Waals surface area contributed by atoms with Gasteiger partial charge in [-0.15, -0.1) is 0 Å². The molecule has 0 aliphatic heterocycles. The van der Waals surface area contributed by atoms with E-state index >= 15 is 0 Å². The van der Waals surface area contributed by atoms with Crippen LogP contribution in [0, 0.1) is 5.92 Å². The highest BCUT2D eigenvalue weighted by molar-refractivity contribution is 5.97. The summed E-state index contributed by atoms with van der Waals surface area (Å²) in [6.07, 6.45) is -0.936. The number of aliphatic hydroxyl groups is 1. The fraction of sp³-hybridized carbons (Fsp3) is 0.594. The van der Waals surface area contributed by atoms with Crippen molar-refractivity contribution in [1.82, 2.24) is 41.9 Å². The average Bonchev–Trinajstić information content (AvgIpc) is 3.63. The molecule has 14 N–H and O–H groups in total. The third-order valence-electron chi connectivity index (χ3n) is 7.97. The molecule has 0 spiro atoms. The molecule has 1 aromatic rings. The highest BCUT2D eigenvalue weighted by Crippen LogP contribution is 2.09. The summed E-state index contributed by atoms with van der Waals surface area (Å²) in [6, 6.07) is -10.6. The molecule has 0 bridgehead atoms. The number of H-pyrrole nitrogens is 1.